The first-order chi connectivity index (χ1) is 5.72. The van der Waals surface area contributed by atoms with Crippen molar-refractivity contribution in [3.05, 3.63) is 29.8 Å². The van der Waals surface area contributed by atoms with Crippen molar-refractivity contribution in [1.82, 2.24) is 10.3 Å². The number of carbonyl (C=O) groups is 1. The Bertz CT molecular complexity index is 271. The highest BCUT2D eigenvalue weighted by atomic mass is 19.1. The number of hydrogen-bond acceptors (Lipinski definition) is 2. The molecular formula is C8H9FN2O. The highest BCUT2D eigenvalue weighted by Gasteiger charge is 2.01. The van der Waals surface area contributed by atoms with Crippen molar-refractivity contribution in [3.63, 3.8) is 0 Å². The van der Waals surface area contributed by atoms with Crippen LogP contribution in [0.25, 0.3) is 0 Å². The highest BCUT2D eigenvalue weighted by molar-refractivity contribution is 5.77. The summed E-state index contributed by atoms with van der Waals surface area (Å²) >= 11 is 0. The molecule has 1 aromatic heterocycles. The summed E-state index contributed by atoms with van der Waals surface area (Å²) in [5.74, 6) is -0.523. The minimum Gasteiger partial charge on any atom is -0.359 e. The molecule has 0 bridgehead atoms. The topological polar surface area (TPSA) is 42.0 Å². The molecule has 0 radical (unpaired) electrons. The lowest BCUT2D eigenvalue weighted by molar-refractivity contribution is -0.120. The third-order valence-corrected chi connectivity index (χ3v) is 1.41. The van der Waals surface area contributed by atoms with Crippen molar-refractivity contribution < 1.29 is 9.18 Å². The number of amides is 1. The maximum absolute atomic E-state index is 12.3. The SMILES string of the molecule is CNC(=O)Cc1ccc(F)cn1. The summed E-state index contributed by atoms with van der Waals surface area (Å²) in [7, 11) is 1.55. The van der Waals surface area contributed by atoms with Gasteiger partial charge in [-0.1, -0.05) is 0 Å². The van der Waals surface area contributed by atoms with Gasteiger partial charge >= 0.3 is 0 Å². The number of carbonyl (C=O) groups excluding carboxylic acids is 1. The quantitative estimate of drug-likeness (QED) is 0.699. The Morgan fingerprint density at radius 2 is 2.42 bits per heavy atom. The second-order valence-corrected chi connectivity index (χ2v) is 2.32. The summed E-state index contributed by atoms with van der Waals surface area (Å²) in [5.41, 5.74) is 0.566. The van der Waals surface area contributed by atoms with E-state index in [1.54, 1.807) is 7.05 Å². The summed E-state index contributed by atoms with van der Waals surface area (Å²) in [6.07, 6.45) is 1.29. The van der Waals surface area contributed by atoms with Crippen molar-refractivity contribution >= 4 is 5.91 Å². The van der Waals surface area contributed by atoms with Gasteiger partial charge in [0, 0.05) is 12.7 Å². The fourth-order valence-corrected chi connectivity index (χ4v) is 0.764. The van der Waals surface area contributed by atoms with Gasteiger partial charge in [-0.2, -0.15) is 0 Å². The predicted octanol–water partition coefficient (Wildman–Crippen LogP) is 0.509. The molecule has 4 heteroatoms. The summed E-state index contributed by atoms with van der Waals surface area (Å²) in [4.78, 5) is 14.6. The number of halogens is 1. The number of rotatable bonds is 2. The molecule has 64 valence electrons. The van der Waals surface area contributed by atoms with Crippen LogP contribution in [0.15, 0.2) is 18.3 Å². The van der Waals surface area contributed by atoms with Crippen LogP contribution < -0.4 is 5.32 Å². The molecule has 0 fully saturated rings. The molecule has 0 aromatic carbocycles. The average molecular weight is 168 g/mol. The molecule has 1 heterocycles. The standard InChI is InChI=1S/C8H9FN2O/c1-10-8(12)4-7-3-2-6(9)5-11-7/h2-3,5H,4H2,1H3,(H,10,12). The van der Waals surface area contributed by atoms with E-state index in [1.807, 2.05) is 0 Å². The molecule has 0 spiro atoms. The lowest BCUT2D eigenvalue weighted by atomic mass is 10.2. The minimum absolute atomic E-state index is 0.130. The van der Waals surface area contributed by atoms with Crippen molar-refractivity contribution in [3.8, 4) is 0 Å². The van der Waals surface area contributed by atoms with Gasteiger partial charge in [-0.25, -0.2) is 4.39 Å². The third kappa shape index (κ3) is 2.30. The van der Waals surface area contributed by atoms with E-state index in [0.717, 1.165) is 6.20 Å². The van der Waals surface area contributed by atoms with Crippen molar-refractivity contribution in [2.75, 3.05) is 7.05 Å². The van der Waals surface area contributed by atoms with E-state index in [0.29, 0.717) is 5.69 Å². The molecule has 0 saturated carbocycles. The molecule has 0 saturated heterocycles. The second kappa shape index (κ2) is 3.80. The predicted molar refractivity (Wildman–Crippen MR) is 42.0 cm³/mol. The summed E-state index contributed by atoms with van der Waals surface area (Å²) in [6, 6.07) is 2.77. The molecule has 0 aliphatic heterocycles. The number of hydrogen-bond donors (Lipinski definition) is 1. The molecule has 0 aliphatic carbocycles. The number of pyridine rings is 1. The fraction of sp³-hybridized carbons (Fsp3) is 0.250. The Kier molecular flexibility index (Phi) is 2.74. The van der Waals surface area contributed by atoms with Crippen LogP contribution in [0.3, 0.4) is 0 Å². The largest absolute Gasteiger partial charge is 0.359 e. The number of likely N-dealkylation sites (N-methyl/N-ethyl adjacent to an activating group) is 1. The van der Waals surface area contributed by atoms with E-state index in [9.17, 15) is 9.18 Å². The average Bonchev–Trinajstić information content (AvgIpc) is 2.09. The molecule has 1 amide bonds. The van der Waals surface area contributed by atoms with Gasteiger partial charge in [-0.3, -0.25) is 9.78 Å². The van der Waals surface area contributed by atoms with Crippen molar-refractivity contribution in [2.45, 2.75) is 6.42 Å². The van der Waals surface area contributed by atoms with Crippen molar-refractivity contribution in [1.29, 1.82) is 0 Å². The second-order valence-electron chi connectivity index (χ2n) is 2.32. The van der Waals surface area contributed by atoms with E-state index in [2.05, 4.69) is 10.3 Å². The van der Waals surface area contributed by atoms with Crippen LogP contribution in [-0.4, -0.2) is 17.9 Å². The van der Waals surface area contributed by atoms with Crippen LogP contribution in [0.1, 0.15) is 5.69 Å². The smallest absolute Gasteiger partial charge is 0.225 e. The highest BCUT2D eigenvalue weighted by Crippen LogP contribution is 1.98. The molecule has 0 unspecified atom stereocenters. The van der Waals surface area contributed by atoms with Gasteiger partial charge in [0.15, 0.2) is 0 Å². The van der Waals surface area contributed by atoms with Crippen LogP contribution in [0, 0.1) is 5.82 Å². The Morgan fingerprint density at radius 3 is 2.92 bits per heavy atom. The summed E-state index contributed by atoms with van der Waals surface area (Å²) < 4.78 is 12.3. The first kappa shape index (κ1) is 8.64. The van der Waals surface area contributed by atoms with E-state index in [4.69, 9.17) is 0 Å². The molecule has 0 aliphatic rings. The number of nitrogens with one attached hydrogen (secondary N) is 1. The van der Waals surface area contributed by atoms with Crippen molar-refractivity contribution in [2.24, 2.45) is 0 Å². The maximum atomic E-state index is 12.3. The third-order valence-electron chi connectivity index (χ3n) is 1.41. The molecule has 1 aromatic rings. The van der Waals surface area contributed by atoms with E-state index < -0.39 is 5.82 Å². The lowest BCUT2D eigenvalue weighted by Crippen LogP contribution is -2.20. The molecule has 12 heavy (non-hydrogen) atoms. The Hall–Kier alpha value is -1.45. The number of aromatic nitrogens is 1. The van der Waals surface area contributed by atoms with Gasteiger partial charge in [0.25, 0.3) is 0 Å². The normalized spacial score (nSPS) is 9.50. The van der Waals surface area contributed by atoms with Crippen LogP contribution in [0.2, 0.25) is 0 Å². The van der Waals surface area contributed by atoms with Gasteiger partial charge in [0.1, 0.15) is 5.82 Å². The minimum atomic E-state index is -0.393. The number of nitrogens with zero attached hydrogens (tertiary/aromatic N) is 1. The van der Waals surface area contributed by atoms with Crippen LogP contribution in [0.5, 0.6) is 0 Å². The monoisotopic (exact) mass is 168 g/mol. The van der Waals surface area contributed by atoms with Crippen LogP contribution in [0.4, 0.5) is 4.39 Å². The van der Waals surface area contributed by atoms with E-state index in [1.165, 1.54) is 12.1 Å². The Labute approximate surface area is 69.6 Å². The molecule has 1 N–H and O–H groups in total. The van der Waals surface area contributed by atoms with Gasteiger partial charge < -0.3 is 5.32 Å². The Balaban J connectivity index is 2.64. The molecule has 3 nitrogen and oxygen atoms in total. The van der Waals surface area contributed by atoms with Gasteiger partial charge in [0.05, 0.1) is 12.6 Å². The fourth-order valence-electron chi connectivity index (χ4n) is 0.764. The van der Waals surface area contributed by atoms with Crippen LogP contribution in [-0.2, 0) is 11.2 Å². The maximum Gasteiger partial charge on any atom is 0.225 e. The summed E-state index contributed by atoms with van der Waals surface area (Å²) in [5, 5.41) is 2.46. The first-order valence-corrected chi connectivity index (χ1v) is 3.53. The first-order valence-electron chi connectivity index (χ1n) is 3.53. The zero-order valence-electron chi connectivity index (χ0n) is 6.67. The zero-order chi connectivity index (χ0) is 8.97. The molecule has 0 atom stereocenters. The van der Waals surface area contributed by atoms with Gasteiger partial charge in [-0.05, 0) is 12.1 Å². The van der Waals surface area contributed by atoms with E-state index in [-0.39, 0.29) is 12.3 Å². The van der Waals surface area contributed by atoms with E-state index >= 15 is 0 Å². The van der Waals surface area contributed by atoms with Crippen LogP contribution >= 0.6 is 0 Å². The summed E-state index contributed by atoms with van der Waals surface area (Å²) in [6.45, 7) is 0. The molecular weight excluding hydrogens is 159 g/mol. The Morgan fingerprint density at radius 1 is 1.67 bits per heavy atom. The van der Waals surface area contributed by atoms with Gasteiger partial charge in [0.2, 0.25) is 5.91 Å². The lowest BCUT2D eigenvalue weighted by Gasteiger charge is -1.98. The van der Waals surface area contributed by atoms with Gasteiger partial charge in [-0.15, -0.1) is 0 Å². The zero-order valence-corrected chi connectivity index (χ0v) is 6.67. The molecule has 1 rings (SSSR count).